The van der Waals surface area contributed by atoms with E-state index in [9.17, 15) is 9.50 Å². The van der Waals surface area contributed by atoms with E-state index >= 15 is 0 Å². The lowest BCUT2D eigenvalue weighted by atomic mass is 9.80. The topological polar surface area (TPSA) is 35.5 Å². The molecule has 1 aliphatic rings. The van der Waals surface area contributed by atoms with Crippen molar-refractivity contribution in [3.05, 3.63) is 34.1 Å². The number of aliphatic hydroxyl groups excluding tert-OH is 1. The average molecular weight is 345 g/mol. The van der Waals surface area contributed by atoms with Crippen molar-refractivity contribution >= 4 is 15.9 Å². The van der Waals surface area contributed by atoms with Gasteiger partial charge in [-0.2, -0.15) is 0 Å². The van der Waals surface area contributed by atoms with Crippen molar-refractivity contribution in [2.75, 3.05) is 32.8 Å². The maximum atomic E-state index is 13.5. The molecule has 0 amide bonds. The van der Waals surface area contributed by atoms with Gasteiger partial charge in [-0.25, -0.2) is 4.39 Å². The van der Waals surface area contributed by atoms with Gasteiger partial charge in [-0.15, -0.1) is 0 Å². The summed E-state index contributed by atoms with van der Waals surface area (Å²) in [5.74, 6) is -0.255. The Morgan fingerprint density at radius 3 is 2.60 bits per heavy atom. The third-order valence-electron chi connectivity index (χ3n) is 3.92. The number of aliphatic hydroxyl groups is 1. The van der Waals surface area contributed by atoms with E-state index in [0.29, 0.717) is 4.47 Å². The first-order valence-corrected chi connectivity index (χ1v) is 7.75. The van der Waals surface area contributed by atoms with Crippen molar-refractivity contribution in [2.24, 2.45) is 5.41 Å². The summed E-state index contributed by atoms with van der Waals surface area (Å²) in [6, 6.07) is 5.22. The molecule has 1 aromatic carbocycles. The van der Waals surface area contributed by atoms with Crippen LogP contribution in [0.1, 0.15) is 25.5 Å². The average Bonchev–Trinajstić information content (AvgIpc) is 2.44. The lowest BCUT2D eigenvalue weighted by Gasteiger charge is -2.43. The van der Waals surface area contributed by atoms with Crippen LogP contribution in [0, 0.1) is 11.2 Å². The Hall–Kier alpha value is -0.490. The molecular weight excluding hydrogens is 323 g/mol. The summed E-state index contributed by atoms with van der Waals surface area (Å²) in [6.07, 6.45) is 0. The predicted octanol–water partition coefficient (Wildman–Crippen LogP) is 2.55. The first kappa shape index (κ1) is 15.9. The second kappa shape index (κ2) is 6.52. The lowest BCUT2D eigenvalue weighted by molar-refractivity contribution is 0.0304. The zero-order valence-corrected chi connectivity index (χ0v) is 13.6. The molecule has 1 heterocycles. The molecule has 1 aliphatic heterocycles. The third-order valence-corrected chi connectivity index (χ3v) is 4.53. The van der Waals surface area contributed by atoms with Gasteiger partial charge in [0.2, 0.25) is 0 Å². The molecule has 0 radical (unpaired) electrons. The van der Waals surface area contributed by atoms with Crippen LogP contribution in [0.4, 0.5) is 4.39 Å². The van der Waals surface area contributed by atoms with Crippen LogP contribution in [0.3, 0.4) is 0 Å². The minimum Gasteiger partial charge on any atom is -0.396 e. The smallest absolute Gasteiger partial charge is 0.137 e. The van der Waals surface area contributed by atoms with Crippen molar-refractivity contribution in [1.82, 2.24) is 10.2 Å². The minimum absolute atomic E-state index is 0.0755. The Bertz CT molecular complexity index is 461. The normalized spacial score (nSPS) is 19.1. The predicted molar refractivity (Wildman–Crippen MR) is 82.2 cm³/mol. The quantitative estimate of drug-likeness (QED) is 0.881. The molecule has 0 aromatic heterocycles. The van der Waals surface area contributed by atoms with Gasteiger partial charge in [-0.1, -0.05) is 19.9 Å². The number of halogens is 2. The summed E-state index contributed by atoms with van der Waals surface area (Å²) in [4.78, 5) is 2.37. The summed E-state index contributed by atoms with van der Waals surface area (Å²) in [5.41, 5.74) is 0.758. The van der Waals surface area contributed by atoms with E-state index in [4.69, 9.17) is 0 Å². The number of hydrogen-bond acceptors (Lipinski definition) is 3. The van der Waals surface area contributed by atoms with E-state index in [1.54, 1.807) is 0 Å². The van der Waals surface area contributed by atoms with Crippen LogP contribution < -0.4 is 5.32 Å². The van der Waals surface area contributed by atoms with Crippen molar-refractivity contribution in [2.45, 2.75) is 19.9 Å². The highest BCUT2D eigenvalue weighted by Gasteiger charge is 2.35. The molecular formula is C15H22BrFN2O. The van der Waals surface area contributed by atoms with E-state index in [1.807, 2.05) is 12.1 Å². The molecule has 1 aromatic rings. The fourth-order valence-corrected chi connectivity index (χ4v) is 3.26. The number of rotatable bonds is 4. The second-order valence-electron chi connectivity index (χ2n) is 6.01. The zero-order chi connectivity index (χ0) is 14.8. The highest BCUT2D eigenvalue weighted by atomic mass is 79.9. The fourth-order valence-electron chi connectivity index (χ4n) is 2.87. The van der Waals surface area contributed by atoms with Crippen LogP contribution in [0.5, 0.6) is 0 Å². The first-order chi connectivity index (χ1) is 9.45. The number of nitrogens with zero attached hydrogens (tertiary/aromatic N) is 1. The van der Waals surface area contributed by atoms with Crippen molar-refractivity contribution in [1.29, 1.82) is 0 Å². The van der Waals surface area contributed by atoms with Crippen molar-refractivity contribution < 1.29 is 9.50 Å². The first-order valence-electron chi connectivity index (χ1n) is 6.96. The maximum Gasteiger partial charge on any atom is 0.137 e. The van der Waals surface area contributed by atoms with E-state index in [1.165, 1.54) is 6.07 Å². The summed E-state index contributed by atoms with van der Waals surface area (Å²) < 4.78 is 13.9. The Balaban J connectivity index is 2.36. The van der Waals surface area contributed by atoms with E-state index < -0.39 is 0 Å². The Morgan fingerprint density at radius 1 is 1.40 bits per heavy atom. The van der Waals surface area contributed by atoms with Crippen LogP contribution in [-0.4, -0.2) is 42.8 Å². The van der Waals surface area contributed by atoms with Crippen LogP contribution in [-0.2, 0) is 0 Å². The summed E-state index contributed by atoms with van der Waals surface area (Å²) >= 11 is 3.26. The van der Waals surface area contributed by atoms with E-state index in [-0.39, 0.29) is 23.9 Å². The molecule has 0 bridgehead atoms. The monoisotopic (exact) mass is 344 g/mol. The molecule has 2 N–H and O–H groups in total. The Kier molecular flexibility index (Phi) is 5.18. The third kappa shape index (κ3) is 3.39. The van der Waals surface area contributed by atoms with Gasteiger partial charge in [0.05, 0.1) is 4.47 Å². The van der Waals surface area contributed by atoms with Crippen LogP contribution in [0.15, 0.2) is 22.7 Å². The molecule has 5 heteroatoms. The van der Waals surface area contributed by atoms with Gasteiger partial charge in [0.1, 0.15) is 5.82 Å². The molecule has 1 atom stereocenters. The molecule has 20 heavy (non-hydrogen) atoms. The molecule has 1 saturated heterocycles. The van der Waals surface area contributed by atoms with Crippen LogP contribution >= 0.6 is 15.9 Å². The Labute approximate surface area is 128 Å². The summed E-state index contributed by atoms with van der Waals surface area (Å²) in [7, 11) is 0. The molecule has 0 aliphatic carbocycles. The van der Waals surface area contributed by atoms with Crippen molar-refractivity contribution in [3.8, 4) is 0 Å². The second-order valence-corrected chi connectivity index (χ2v) is 6.86. The van der Waals surface area contributed by atoms with Gasteiger partial charge < -0.3 is 10.4 Å². The molecule has 112 valence electrons. The number of nitrogens with one attached hydrogen (secondary N) is 1. The van der Waals surface area contributed by atoms with Crippen LogP contribution in [0.25, 0.3) is 0 Å². The number of piperazine rings is 1. The highest BCUT2D eigenvalue weighted by Crippen LogP contribution is 2.39. The number of benzene rings is 1. The molecule has 1 fully saturated rings. The fraction of sp³-hybridized carbons (Fsp3) is 0.600. The lowest BCUT2D eigenvalue weighted by Crippen LogP contribution is -2.49. The van der Waals surface area contributed by atoms with Gasteiger partial charge in [-0.05, 0) is 33.6 Å². The highest BCUT2D eigenvalue weighted by molar-refractivity contribution is 9.10. The van der Waals surface area contributed by atoms with Gasteiger partial charge >= 0.3 is 0 Å². The summed E-state index contributed by atoms with van der Waals surface area (Å²) in [5, 5.41) is 13.1. The summed E-state index contributed by atoms with van der Waals surface area (Å²) in [6.45, 7) is 7.96. The molecule has 3 nitrogen and oxygen atoms in total. The largest absolute Gasteiger partial charge is 0.396 e. The van der Waals surface area contributed by atoms with E-state index in [2.05, 4.69) is 40.0 Å². The number of hydrogen-bond donors (Lipinski definition) is 2. The van der Waals surface area contributed by atoms with Crippen LogP contribution in [0.2, 0.25) is 0 Å². The molecule has 2 rings (SSSR count). The van der Waals surface area contributed by atoms with Gasteiger partial charge in [0.15, 0.2) is 0 Å². The minimum atomic E-state index is -0.283. The van der Waals surface area contributed by atoms with E-state index in [0.717, 1.165) is 31.7 Å². The van der Waals surface area contributed by atoms with Gasteiger partial charge in [0.25, 0.3) is 0 Å². The van der Waals surface area contributed by atoms with Crippen molar-refractivity contribution in [3.63, 3.8) is 0 Å². The zero-order valence-electron chi connectivity index (χ0n) is 12.0. The Morgan fingerprint density at radius 2 is 2.05 bits per heavy atom. The van der Waals surface area contributed by atoms with Gasteiger partial charge in [0, 0.05) is 44.2 Å². The SMILES string of the molecule is CC(C)(CO)[C@H](c1ccc(F)c(Br)c1)N1CCNCC1. The standard InChI is InChI=1S/C15H22BrFN2O/c1-15(2,10-20)14(19-7-5-18-6-8-19)11-3-4-13(17)12(16)9-11/h3-4,9,14,18,20H,5-8,10H2,1-2H3/t14-/m0/s1. The molecule has 0 spiro atoms. The maximum absolute atomic E-state index is 13.5. The molecule has 0 unspecified atom stereocenters. The van der Waals surface area contributed by atoms with Gasteiger partial charge in [-0.3, -0.25) is 4.90 Å². The molecule has 0 saturated carbocycles.